The van der Waals surface area contributed by atoms with Crippen molar-refractivity contribution in [1.29, 1.82) is 0 Å². The molecule has 98 valence electrons. The van der Waals surface area contributed by atoms with E-state index in [1.54, 1.807) is 30.5 Å². The first-order chi connectivity index (χ1) is 9.27. The summed E-state index contributed by atoms with van der Waals surface area (Å²) < 4.78 is 0. The first-order valence-corrected chi connectivity index (χ1v) is 6.58. The predicted molar refractivity (Wildman–Crippen MR) is 76.3 cm³/mol. The molecule has 19 heavy (non-hydrogen) atoms. The third-order valence-corrected chi connectivity index (χ3v) is 3.07. The summed E-state index contributed by atoms with van der Waals surface area (Å²) >= 11 is 5.96. The van der Waals surface area contributed by atoms with Crippen molar-refractivity contribution >= 4 is 17.5 Å². The maximum Gasteiger partial charge on any atom is 0.252 e. The van der Waals surface area contributed by atoms with Crippen LogP contribution in [0.15, 0.2) is 48.7 Å². The number of nitrogens with zero attached hydrogens (tertiary/aromatic N) is 1. The molecule has 0 fully saturated rings. The molecule has 0 radical (unpaired) electrons. The Morgan fingerprint density at radius 2 is 1.95 bits per heavy atom. The summed E-state index contributed by atoms with van der Waals surface area (Å²) in [5.74, 6) is -0.133. The Hall–Kier alpha value is -1.87. The smallest absolute Gasteiger partial charge is 0.252 e. The molecule has 1 amide bonds. The molecule has 0 unspecified atom stereocenters. The second-order valence-electron chi connectivity index (χ2n) is 4.16. The van der Waals surface area contributed by atoms with Crippen LogP contribution in [-0.2, 0) is 6.42 Å². The highest BCUT2D eigenvalue weighted by Gasteiger charge is 2.08. The Kier molecular flexibility index (Phi) is 4.93. The molecular formula is C15H15ClN2O. The number of carbonyl (C=O) groups is 1. The normalized spacial score (nSPS) is 10.2. The maximum atomic E-state index is 11.9. The van der Waals surface area contributed by atoms with E-state index in [1.165, 1.54) is 0 Å². The second-order valence-corrected chi connectivity index (χ2v) is 4.57. The summed E-state index contributed by atoms with van der Waals surface area (Å²) in [5.41, 5.74) is 1.55. The number of halogens is 1. The van der Waals surface area contributed by atoms with Gasteiger partial charge in [0, 0.05) is 18.4 Å². The van der Waals surface area contributed by atoms with Crippen LogP contribution in [0.2, 0.25) is 5.02 Å². The number of benzene rings is 1. The third kappa shape index (κ3) is 4.07. The van der Waals surface area contributed by atoms with Gasteiger partial charge in [-0.25, -0.2) is 0 Å². The number of aryl methyl sites for hydroxylation is 1. The number of aromatic nitrogens is 1. The van der Waals surface area contributed by atoms with Gasteiger partial charge in [0.2, 0.25) is 0 Å². The zero-order valence-electron chi connectivity index (χ0n) is 10.5. The Morgan fingerprint density at radius 3 is 2.68 bits per heavy atom. The lowest BCUT2D eigenvalue weighted by atomic mass is 10.2. The topological polar surface area (TPSA) is 42.0 Å². The van der Waals surface area contributed by atoms with Crippen LogP contribution in [0.4, 0.5) is 0 Å². The fraction of sp³-hybridized carbons (Fsp3) is 0.200. The van der Waals surface area contributed by atoms with Gasteiger partial charge in [0.1, 0.15) is 0 Å². The van der Waals surface area contributed by atoms with E-state index in [9.17, 15) is 4.79 Å². The van der Waals surface area contributed by atoms with E-state index in [-0.39, 0.29) is 5.91 Å². The summed E-state index contributed by atoms with van der Waals surface area (Å²) in [6, 6.07) is 12.9. The minimum atomic E-state index is -0.133. The molecule has 0 aliphatic heterocycles. The van der Waals surface area contributed by atoms with Crippen LogP contribution < -0.4 is 5.32 Å². The number of pyridine rings is 1. The van der Waals surface area contributed by atoms with Gasteiger partial charge in [0.25, 0.3) is 5.91 Å². The first kappa shape index (κ1) is 13.6. The fourth-order valence-electron chi connectivity index (χ4n) is 1.76. The van der Waals surface area contributed by atoms with Crippen molar-refractivity contribution in [3.63, 3.8) is 0 Å². The molecule has 4 heteroatoms. The number of nitrogens with one attached hydrogen (secondary N) is 1. The molecule has 0 aliphatic rings. The van der Waals surface area contributed by atoms with Gasteiger partial charge in [-0.3, -0.25) is 9.78 Å². The first-order valence-electron chi connectivity index (χ1n) is 6.20. The van der Waals surface area contributed by atoms with Crippen molar-refractivity contribution in [3.05, 3.63) is 64.9 Å². The van der Waals surface area contributed by atoms with Gasteiger partial charge in [-0.15, -0.1) is 0 Å². The quantitative estimate of drug-likeness (QED) is 0.852. The van der Waals surface area contributed by atoms with Gasteiger partial charge in [-0.2, -0.15) is 0 Å². The zero-order valence-corrected chi connectivity index (χ0v) is 11.2. The van der Waals surface area contributed by atoms with Crippen LogP contribution in [0.1, 0.15) is 22.5 Å². The molecule has 2 rings (SSSR count). The van der Waals surface area contributed by atoms with E-state index < -0.39 is 0 Å². The molecule has 0 aliphatic carbocycles. The summed E-state index contributed by atoms with van der Waals surface area (Å²) in [7, 11) is 0. The monoisotopic (exact) mass is 274 g/mol. The summed E-state index contributed by atoms with van der Waals surface area (Å²) in [6.45, 7) is 0.612. The molecule has 2 aromatic rings. The Labute approximate surface area is 117 Å². The van der Waals surface area contributed by atoms with Gasteiger partial charge >= 0.3 is 0 Å². The van der Waals surface area contributed by atoms with Gasteiger partial charge in [0.05, 0.1) is 10.6 Å². The molecule has 1 heterocycles. The highest BCUT2D eigenvalue weighted by molar-refractivity contribution is 6.33. The predicted octanol–water partition coefficient (Wildman–Crippen LogP) is 3.10. The van der Waals surface area contributed by atoms with Crippen molar-refractivity contribution in [1.82, 2.24) is 10.3 Å². The van der Waals surface area contributed by atoms with Crippen LogP contribution in [0.5, 0.6) is 0 Å². The van der Waals surface area contributed by atoms with E-state index in [1.807, 2.05) is 18.2 Å². The van der Waals surface area contributed by atoms with E-state index >= 15 is 0 Å². The number of hydrogen-bond acceptors (Lipinski definition) is 2. The maximum absolute atomic E-state index is 11.9. The lowest BCUT2D eigenvalue weighted by Crippen LogP contribution is -2.25. The summed E-state index contributed by atoms with van der Waals surface area (Å²) in [5, 5.41) is 3.34. The van der Waals surface area contributed by atoms with E-state index in [0.717, 1.165) is 18.5 Å². The number of amides is 1. The average Bonchev–Trinajstić information content (AvgIpc) is 2.45. The zero-order chi connectivity index (χ0) is 13.5. The van der Waals surface area contributed by atoms with Gasteiger partial charge < -0.3 is 5.32 Å². The van der Waals surface area contributed by atoms with Crippen molar-refractivity contribution < 1.29 is 4.79 Å². The fourth-order valence-corrected chi connectivity index (χ4v) is 1.98. The molecule has 3 nitrogen and oxygen atoms in total. The molecule has 1 N–H and O–H groups in total. The lowest BCUT2D eigenvalue weighted by molar-refractivity contribution is 0.0953. The van der Waals surface area contributed by atoms with Crippen LogP contribution >= 0.6 is 11.6 Å². The van der Waals surface area contributed by atoms with Crippen LogP contribution in [0.25, 0.3) is 0 Å². The highest BCUT2D eigenvalue weighted by Crippen LogP contribution is 2.14. The molecule has 0 saturated carbocycles. The molecule has 0 spiro atoms. The van der Waals surface area contributed by atoms with E-state index in [4.69, 9.17) is 11.6 Å². The molecular weight excluding hydrogens is 260 g/mol. The van der Waals surface area contributed by atoms with Gasteiger partial charge in [0.15, 0.2) is 0 Å². The van der Waals surface area contributed by atoms with Gasteiger partial charge in [-0.05, 0) is 37.1 Å². The van der Waals surface area contributed by atoms with Crippen molar-refractivity contribution in [3.8, 4) is 0 Å². The Balaban J connectivity index is 1.77. The van der Waals surface area contributed by atoms with Crippen LogP contribution in [-0.4, -0.2) is 17.4 Å². The van der Waals surface area contributed by atoms with Crippen LogP contribution in [0, 0.1) is 0 Å². The summed E-state index contributed by atoms with van der Waals surface area (Å²) in [6.07, 6.45) is 3.48. The SMILES string of the molecule is O=C(NCCCc1ccccn1)c1ccccc1Cl. The number of carbonyl (C=O) groups excluding carboxylic acids is 1. The second kappa shape index (κ2) is 6.90. The summed E-state index contributed by atoms with van der Waals surface area (Å²) in [4.78, 5) is 16.1. The third-order valence-electron chi connectivity index (χ3n) is 2.74. The Bertz CT molecular complexity index is 543. The minimum Gasteiger partial charge on any atom is -0.352 e. The minimum absolute atomic E-state index is 0.133. The number of rotatable bonds is 5. The van der Waals surface area contributed by atoms with Crippen molar-refractivity contribution in [2.24, 2.45) is 0 Å². The molecule has 0 atom stereocenters. The average molecular weight is 275 g/mol. The lowest BCUT2D eigenvalue weighted by Gasteiger charge is -2.06. The van der Waals surface area contributed by atoms with Crippen molar-refractivity contribution in [2.45, 2.75) is 12.8 Å². The largest absolute Gasteiger partial charge is 0.352 e. The Morgan fingerprint density at radius 1 is 1.16 bits per heavy atom. The highest BCUT2D eigenvalue weighted by atomic mass is 35.5. The van der Waals surface area contributed by atoms with E-state index in [2.05, 4.69) is 10.3 Å². The number of hydrogen-bond donors (Lipinski definition) is 1. The molecule has 0 saturated heterocycles. The molecule has 1 aromatic heterocycles. The van der Waals surface area contributed by atoms with Crippen molar-refractivity contribution in [2.75, 3.05) is 6.54 Å². The molecule has 1 aromatic carbocycles. The van der Waals surface area contributed by atoms with Gasteiger partial charge in [-0.1, -0.05) is 29.8 Å². The standard InChI is InChI=1S/C15H15ClN2O/c16-14-9-2-1-8-13(14)15(19)18-11-5-7-12-6-3-4-10-17-12/h1-4,6,8-10H,5,7,11H2,(H,18,19). The molecule has 0 bridgehead atoms. The van der Waals surface area contributed by atoms with E-state index in [0.29, 0.717) is 17.1 Å². The van der Waals surface area contributed by atoms with Crippen LogP contribution in [0.3, 0.4) is 0 Å².